The SMILES string of the molecule is CC(C)CC(=O)[O-].CC(C)CC(=O)[O-].CC(C)CC(=O)[O-].CC(C)CC(=O)[O-].CC(C)CC(=O)[O-].[Ta+5]. The molecule has 10 nitrogen and oxygen atoms in total. The molecule has 210 valence electrons. The van der Waals surface area contributed by atoms with Gasteiger partial charge < -0.3 is 49.5 Å². The van der Waals surface area contributed by atoms with E-state index in [9.17, 15) is 49.5 Å². The molecule has 0 aromatic carbocycles. The number of carbonyl (C=O) groups is 5. The number of carboxylic acid groups (broad SMARTS) is 5. The molecule has 0 amide bonds. The molecule has 0 unspecified atom stereocenters. The second-order valence-corrected chi connectivity index (χ2v) is 9.85. The van der Waals surface area contributed by atoms with Crippen LogP contribution >= 0.6 is 0 Å². The predicted octanol–water partition coefficient (Wildman–Crippen LogP) is -1.09. The molecule has 0 atom stereocenters. The maximum Gasteiger partial charge on any atom is 5.00 e. The van der Waals surface area contributed by atoms with Crippen molar-refractivity contribution in [2.45, 2.75) is 101 Å². The van der Waals surface area contributed by atoms with Crippen LogP contribution in [-0.2, 0) is 46.4 Å². The van der Waals surface area contributed by atoms with Crippen LogP contribution in [0.2, 0.25) is 0 Å². The first-order chi connectivity index (χ1) is 15.6. The fourth-order valence-corrected chi connectivity index (χ4v) is 1.67. The average molecular weight is 687 g/mol. The molecule has 0 aliphatic carbocycles. The minimum atomic E-state index is -0.963. The van der Waals surface area contributed by atoms with Gasteiger partial charge in [-0.3, -0.25) is 0 Å². The fourth-order valence-electron chi connectivity index (χ4n) is 1.67. The molecular weight excluding hydrogens is 641 g/mol. The number of rotatable bonds is 10. The van der Waals surface area contributed by atoms with Crippen molar-refractivity contribution in [2.75, 3.05) is 0 Å². The van der Waals surface area contributed by atoms with Gasteiger partial charge in [0.25, 0.3) is 0 Å². The van der Waals surface area contributed by atoms with Gasteiger partial charge >= 0.3 is 22.4 Å². The van der Waals surface area contributed by atoms with Crippen molar-refractivity contribution in [3.8, 4) is 0 Å². The van der Waals surface area contributed by atoms with Gasteiger partial charge in [-0.2, -0.15) is 0 Å². The standard InChI is InChI=1S/5C5H10O2.Ta/c5*1-4(2)3-5(6)7;/h5*4H,3H2,1-2H3,(H,6,7);/q;;;;;+5/p-5. The Balaban J connectivity index is -0.0000000776. The van der Waals surface area contributed by atoms with Gasteiger partial charge in [0, 0.05) is 29.8 Å². The summed E-state index contributed by atoms with van der Waals surface area (Å²) in [6.45, 7) is 18.4. The van der Waals surface area contributed by atoms with Crippen LogP contribution in [0.3, 0.4) is 0 Å². The zero-order chi connectivity index (χ0) is 29.3. The van der Waals surface area contributed by atoms with Crippen molar-refractivity contribution in [1.82, 2.24) is 0 Å². The van der Waals surface area contributed by atoms with Crippen LogP contribution in [0.25, 0.3) is 0 Å². The van der Waals surface area contributed by atoms with E-state index in [0.717, 1.165) is 0 Å². The van der Waals surface area contributed by atoms with Crippen LogP contribution in [-0.4, -0.2) is 29.8 Å². The Morgan fingerprint density at radius 3 is 0.444 bits per heavy atom. The molecule has 0 aromatic rings. The van der Waals surface area contributed by atoms with E-state index in [4.69, 9.17) is 0 Å². The Morgan fingerprint density at radius 2 is 0.444 bits per heavy atom. The molecule has 36 heavy (non-hydrogen) atoms. The first-order valence-corrected chi connectivity index (χ1v) is 11.6. The largest absolute Gasteiger partial charge is 5.00 e. The Labute approximate surface area is 232 Å². The van der Waals surface area contributed by atoms with Gasteiger partial charge in [0.15, 0.2) is 0 Å². The number of aliphatic carboxylic acids is 5. The summed E-state index contributed by atoms with van der Waals surface area (Å²) in [5, 5.41) is 48.5. The number of hydrogen-bond donors (Lipinski definition) is 0. The predicted molar refractivity (Wildman–Crippen MR) is 122 cm³/mol. The van der Waals surface area contributed by atoms with Crippen molar-refractivity contribution in [1.29, 1.82) is 0 Å². The summed E-state index contributed by atoms with van der Waals surface area (Å²) >= 11 is 0. The van der Waals surface area contributed by atoms with Gasteiger partial charge in [-0.25, -0.2) is 0 Å². The zero-order valence-corrected chi connectivity index (χ0v) is 26.7. The van der Waals surface area contributed by atoms with E-state index in [0.29, 0.717) is 0 Å². The van der Waals surface area contributed by atoms with Crippen molar-refractivity contribution >= 4 is 29.8 Å². The fraction of sp³-hybridized carbons (Fsp3) is 0.800. The second-order valence-electron chi connectivity index (χ2n) is 9.85. The third kappa shape index (κ3) is 94.8. The molecule has 0 heterocycles. The van der Waals surface area contributed by atoms with E-state index in [1.807, 2.05) is 69.2 Å². The van der Waals surface area contributed by atoms with Gasteiger partial charge in [-0.15, -0.1) is 0 Å². The van der Waals surface area contributed by atoms with Crippen molar-refractivity contribution < 1.29 is 71.9 Å². The smallest absolute Gasteiger partial charge is 0.550 e. The van der Waals surface area contributed by atoms with Crippen molar-refractivity contribution in [2.24, 2.45) is 29.6 Å². The van der Waals surface area contributed by atoms with Gasteiger partial charge in [-0.1, -0.05) is 69.2 Å². The summed E-state index contributed by atoms with van der Waals surface area (Å²) in [5.41, 5.74) is 0. The molecule has 0 rings (SSSR count). The van der Waals surface area contributed by atoms with E-state index in [2.05, 4.69) is 0 Å². The van der Waals surface area contributed by atoms with Gasteiger partial charge in [0.1, 0.15) is 0 Å². The minimum absolute atomic E-state index is 0. The summed E-state index contributed by atoms with van der Waals surface area (Å²) in [6, 6.07) is 0. The van der Waals surface area contributed by atoms with Gasteiger partial charge in [0.2, 0.25) is 0 Å². The van der Waals surface area contributed by atoms with Gasteiger partial charge in [0.05, 0.1) is 0 Å². The summed E-state index contributed by atoms with van der Waals surface area (Å²) in [5.74, 6) is -3.75. The Hall–Kier alpha value is -1.91. The molecule has 0 radical (unpaired) electrons. The summed E-state index contributed by atoms with van der Waals surface area (Å²) in [7, 11) is 0. The van der Waals surface area contributed by atoms with E-state index in [1.54, 1.807) is 0 Å². The van der Waals surface area contributed by atoms with Crippen molar-refractivity contribution in [3.05, 3.63) is 0 Å². The Bertz CT molecular complexity index is 455. The maximum absolute atomic E-state index is 9.70. The molecule has 0 saturated carbocycles. The van der Waals surface area contributed by atoms with Crippen LogP contribution in [0.1, 0.15) is 101 Å². The zero-order valence-electron chi connectivity index (χ0n) is 23.5. The molecule has 0 N–H and O–H groups in total. The monoisotopic (exact) mass is 686 g/mol. The normalized spacial score (nSPS) is 9.31. The summed E-state index contributed by atoms with van der Waals surface area (Å²) in [6.07, 6.45) is 0.833. The number of carbonyl (C=O) groups excluding carboxylic acids is 5. The van der Waals surface area contributed by atoms with E-state index in [1.165, 1.54) is 0 Å². The number of hydrogen-bond acceptors (Lipinski definition) is 10. The van der Waals surface area contributed by atoms with Crippen LogP contribution in [0.4, 0.5) is 0 Å². The Kier molecular flexibility index (Phi) is 40.9. The quantitative estimate of drug-likeness (QED) is 0.272. The summed E-state index contributed by atoms with van der Waals surface area (Å²) in [4.78, 5) is 48.5. The molecule has 0 spiro atoms. The van der Waals surface area contributed by atoms with E-state index in [-0.39, 0.29) is 84.1 Å². The second kappa shape index (κ2) is 31.1. The summed E-state index contributed by atoms with van der Waals surface area (Å²) < 4.78 is 0. The molecule has 11 heteroatoms. The third-order valence-corrected chi connectivity index (χ3v) is 2.87. The average Bonchev–Trinajstić information content (AvgIpc) is 2.49. The van der Waals surface area contributed by atoms with Crippen LogP contribution in [0, 0.1) is 29.6 Å². The first kappa shape index (κ1) is 47.3. The minimum Gasteiger partial charge on any atom is -0.550 e. The molecule has 0 aliphatic heterocycles. The number of carboxylic acids is 5. The van der Waals surface area contributed by atoms with Crippen LogP contribution in [0.15, 0.2) is 0 Å². The van der Waals surface area contributed by atoms with Crippen molar-refractivity contribution in [3.63, 3.8) is 0 Å². The molecule has 0 aromatic heterocycles. The van der Waals surface area contributed by atoms with Crippen LogP contribution in [0.5, 0.6) is 0 Å². The maximum atomic E-state index is 9.70. The molecular formula is C25H45O10Ta. The molecule has 0 aliphatic rings. The first-order valence-electron chi connectivity index (χ1n) is 11.6. The van der Waals surface area contributed by atoms with Crippen LogP contribution < -0.4 is 25.5 Å². The third-order valence-electron chi connectivity index (χ3n) is 2.87. The molecule has 0 bridgehead atoms. The molecule has 0 fully saturated rings. The van der Waals surface area contributed by atoms with E-state index < -0.39 is 29.8 Å². The molecule has 0 saturated heterocycles. The van der Waals surface area contributed by atoms with E-state index >= 15 is 0 Å². The van der Waals surface area contributed by atoms with Gasteiger partial charge in [-0.05, 0) is 61.7 Å². The topological polar surface area (TPSA) is 201 Å². The Morgan fingerprint density at radius 1 is 0.361 bits per heavy atom.